The van der Waals surface area contributed by atoms with E-state index in [0.29, 0.717) is 42.4 Å². The third-order valence-electron chi connectivity index (χ3n) is 3.98. The van der Waals surface area contributed by atoms with Gasteiger partial charge in [0.15, 0.2) is 0 Å². The highest BCUT2D eigenvalue weighted by molar-refractivity contribution is 7.99. The lowest BCUT2D eigenvalue weighted by Gasteiger charge is -2.28. The lowest BCUT2D eigenvalue weighted by atomic mass is 10.2. The molecular formula is C17H19ClN4O4S. The zero-order valence-electron chi connectivity index (χ0n) is 14.8. The largest absolute Gasteiger partial charge is 0.411 e. The minimum Gasteiger partial charge on any atom is -0.411 e. The second-order valence-corrected chi connectivity index (χ2v) is 7.27. The molecule has 2 heterocycles. The first-order valence-corrected chi connectivity index (χ1v) is 9.71. The molecule has 2 amide bonds. The summed E-state index contributed by atoms with van der Waals surface area (Å²) in [7, 11) is 1.61. The third kappa shape index (κ3) is 5.44. The highest BCUT2D eigenvalue weighted by atomic mass is 35.5. The van der Waals surface area contributed by atoms with E-state index in [1.54, 1.807) is 36.2 Å². The van der Waals surface area contributed by atoms with Crippen LogP contribution in [0.4, 0.5) is 0 Å². The van der Waals surface area contributed by atoms with Gasteiger partial charge < -0.3 is 19.0 Å². The number of ether oxygens (including phenoxy) is 1. The summed E-state index contributed by atoms with van der Waals surface area (Å²) in [5.74, 6) is 0.196. The Labute approximate surface area is 165 Å². The van der Waals surface area contributed by atoms with Gasteiger partial charge in [-0.05, 0) is 24.3 Å². The number of benzene rings is 1. The van der Waals surface area contributed by atoms with E-state index >= 15 is 0 Å². The lowest BCUT2D eigenvalue weighted by Crippen LogP contribution is -2.46. The summed E-state index contributed by atoms with van der Waals surface area (Å²) >= 11 is 6.99. The summed E-state index contributed by atoms with van der Waals surface area (Å²) in [6.45, 7) is 2.23. The van der Waals surface area contributed by atoms with Crippen LogP contribution < -0.4 is 0 Å². The number of nitrogens with zero attached hydrogens (tertiary/aromatic N) is 4. The van der Waals surface area contributed by atoms with E-state index in [-0.39, 0.29) is 24.1 Å². The number of rotatable bonds is 6. The van der Waals surface area contributed by atoms with E-state index < -0.39 is 0 Å². The Morgan fingerprint density at radius 1 is 1.22 bits per heavy atom. The molecule has 1 aliphatic rings. The molecule has 0 radical (unpaired) electrons. The maximum absolute atomic E-state index is 12.3. The van der Waals surface area contributed by atoms with Crippen LogP contribution in [0.3, 0.4) is 0 Å². The molecule has 0 spiro atoms. The van der Waals surface area contributed by atoms with Crippen molar-refractivity contribution in [2.75, 3.05) is 45.6 Å². The van der Waals surface area contributed by atoms with Crippen LogP contribution in [0, 0.1) is 0 Å². The number of thioether (sulfide) groups is 1. The van der Waals surface area contributed by atoms with Crippen molar-refractivity contribution in [3.63, 3.8) is 0 Å². The van der Waals surface area contributed by atoms with Gasteiger partial charge in [0.2, 0.25) is 17.7 Å². The van der Waals surface area contributed by atoms with Gasteiger partial charge in [-0.2, -0.15) is 0 Å². The molecule has 0 N–H and O–H groups in total. The molecule has 27 heavy (non-hydrogen) atoms. The van der Waals surface area contributed by atoms with Crippen LogP contribution in [-0.4, -0.2) is 77.5 Å². The maximum atomic E-state index is 12.3. The number of morpholine rings is 1. The number of aromatic nitrogens is 2. The van der Waals surface area contributed by atoms with Crippen molar-refractivity contribution in [2.45, 2.75) is 5.22 Å². The van der Waals surface area contributed by atoms with Gasteiger partial charge in [-0.15, -0.1) is 10.2 Å². The van der Waals surface area contributed by atoms with Crippen molar-refractivity contribution in [1.82, 2.24) is 20.0 Å². The molecule has 3 rings (SSSR count). The van der Waals surface area contributed by atoms with E-state index in [1.807, 2.05) is 0 Å². The fourth-order valence-electron chi connectivity index (χ4n) is 2.41. The lowest BCUT2D eigenvalue weighted by molar-refractivity contribution is -0.140. The van der Waals surface area contributed by atoms with Crippen molar-refractivity contribution in [2.24, 2.45) is 0 Å². The highest BCUT2D eigenvalue weighted by Crippen LogP contribution is 2.24. The summed E-state index contributed by atoms with van der Waals surface area (Å²) in [6.07, 6.45) is 0. The van der Waals surface area contributed by atoms with Gasteiger partial charge in [0.05, 0.1) is 25.5 Å². The molecule has 0 bridgehead atoms. The Bertz CT molecular complexity index is 792. The van der Waals surface area contributed by atoms with Crippen molar-refractivity contribution in [3.05, 3.63) is 29.3 Å². The molecule has 0 aliphatic carbocycles. The topological polar surface area (TPSA) is 88.8 Å². The van der Waals surface area contributed by atoms with Crippen molar-refractivity contribution in [1.29, 1.82) is 0 Å². The summed E-state index contributed by atoms with van der Waals surface area (Å²) in [6, 6.07) is 7.02. The summed E-state index contributed by atoms with van der Waals surface area (Å²) in [4.78, 5) is 27.6. The number of hydrogen-bond donors (Lipinski definition) is 0. The van der Waals surface area contributed by atoms with Crippen LogP contribution in [0.15, 0.2) is 33.9 Å². The number of halogens is 1. The molecule has 8 nitrogen and oxygen atoms in total. The molecule has 1 saturated heterocycles. The Morgan fingerprint density at radius 2 is 1.93 bits per heavy atom. The smallest absolute Gasteiger partial charge is 0.277 e. The van der Waals surface area contributed by atoms with Crippen molar-refractivity contribution >= 4 is 35.2 Å². The van der Waals surface area contributed by atoms with Gasteiger partial charge >= 0.3 is 0 Å². The monoisotopic (exact) mass is 410 g/mol. The molecule has 1 aromatic heterocycles. The minimum atomic E-state index is -0.187. The van der Waals surface area contributed by atoms with Crippen molar-refractivity contribution in [3.8, 4) is 11.5 Å². The van der Waals surface area contributed by atoms with Crippen LogP contribution in [-0.2, 0) is 14.3 Å². The van der Waals surface area contributed by atoms with Crippen molar-refractivity contribution < 1.29 is 18.7 Å². The first-order chi connectivity index (χ1) is 13.0. The first-order valence-electron chi connectivity index (χ1n) is 8.34. The molecular weight excluding hydrogens is 392 g/mol. The second-order valence-electron chi connectivity index (χ2n) is 5.91. The van der Waals surface area contributed by atoms with Gasteiger partial charge in [-0.25, -0.2) is 0 Å². The molecule has 10 heteroatoms. The SMILES string of the molecule is CN(CC(=O)N1CCOCC1)C(=O)CSc1nnc(-c2ccc(Cl)cc2)o1. The number of carbonyl (C=O) groups is 2. The zero-order valence-corrected chi connectivity index (χ0v) is 16.3. The quantitative estimate of drug-likeness (QED) is 0.671. The van der Waals surface area contributed by atoms with Gasteiger partial charge in [0.1, 0.15) is 0 Å². The second kappa shape index (κ2) is 9.20. The molecule has 144 valence electrons. The number of hydrogen-bond acceptors (Lipinski definition) is 7. The molecule has 0 unspecified atom stereocenters. The number of likely N-dealkylation sites (N-methyl/N-ethyl adjacent to an activating group) is 1. The van der Waals surface area contributed by atoms with E-state index in [4.69, 9.17) is 20.8 Å². The number of amides is 2. The van der Waals surface area contributed by atoms with E-state index in [1.165, 1.54) is 4.90 Å². The van der Waals surface area contributed by atoms with Crippen LogP contribution in [0.25, 0.3) is 11.5 Å². The van der Waals surface area contributed by atoms with Crippen LogP contribution in [0.5, 0.6) is 0 Å². The fraction of sp³-hybridized carbons (Fsp3) is 0.412. The van der Waals surface area contributed by atoms with Gasteiger partial charge in [-0.3, -0.25) is 9.59 Å². The summed E-state index contributed by atoms with van der Waals surface area (Å²) < 4.78 is 10.8. The molecule has 2 aromatic rings. The third-order valence-corrected chi connectivity index (χ3v) is 5.03. The Morgan fingerprint density at radius 3 is 2.63 bits per heavy atom. The molecule has 0 saturated carbocycles. The predicted octanol–water partition coefficient (Wildman–Crippen LogP) is 1.80. The van der Waals surface area contributed by atoms with Crippen LogP contribution in [0.1, 0.15) is 0 Å². The summed E-state index contributed by atoms with van der Waals surface area (Å²) in [5.41, 5.74) is 0.748. The van der Waals surface area contributed by atoms with Crippen LogP contribution >= 0.6 is 23.4 Å². The fourth-order valence-corrected chi connectivity index (χ4v) is 3.24. The average Bonchev–Trinajstić information content (AvgIpc) is 3.16. The van der Waals surface area contributed by atoms with E-state index in [2.05, 4.69) is 10.2 Å². The zero-order chi connectivity index (χ0) is 19.2. The van der Waals surface area contributed by atoms with E-state index in [0.717, 1.165) is 17.3 Å². The Kier molecular flexibility index (Phi) is 6.70. The van der Waals surface area contributed by atoms with Crippen LogP contribution in [0.2, 0.25) is 5.02 Å². The average molecular weight is 411 g/mol. The van der Waals surface area contributed by atoms with E-state index in [9.17, 15) is 9.59 Å². The van der Waals surface area contributed by atoms with Gasteiger partial charge in [0, 0.05) is 30.7 Å². The predicted molar refractivity (Wildman–Crippen MR) is 101 cm³/mol. The summed E-state index contributed by atoms with van der Waals surface area (Å²) in [5, 5.41) is 8.82. The normalized spacial score (nSPS) is 14.2. The standard InChI is InChI=1S/C17H19ClN4O4S/c1-21(10-14(23)22-6-8-25-9-7-22)15(24)11-27-17-20-19-16(26-17)12-2-4-13(18)5-3-12/h2-5H,6-11H2,1H3. The molecule has 0 atom stereocenters. The molecule has 1 fully saturated rings. The highest BCUT2D eigenvalue weighted by Gasteiger charge is 2.21. The minimum absolute atomic E-state index is 0.0409. The Balaban J connectivity index is 1.48. The first kappa shape index (κ1) is 19.7. The maximum Gasteiger partial charge on any atom is 0.277 e. The van der Waals surface area contributed by atoms with Gasteiger partial charge in [0.25, 0.3) is 5.22 Å². The molecule has 1 aromatic carbocycles. The Hall–Kier alpha value is -2.10. The number of carbonyl (C=O) groups excluding carboxylic acids is 2. The molecule has 1 aliphatic heterocycles. The van der Waals surface area contributed by atoms with Gasteiger partial charge in [-0.1, -0.05) is 23.4 Å².